The molecule has 17 heavy (non-hydrogen) atoms. The van der Waals surface area contributed by atoms with Gasteiger partial charge in [0.25, 0.3) is 0 Å². The summed E-state index contributed by atoms with van der Waals surface area (Å²) in [6, 6.07) is 4.82. The van der Waals surface area contributed by atoms with Crippen molar-refractivity contribution in [1.82, 2.24) is 0 Å². The molecule has 1 rings (SSSR count). The Labute approximate surface area is 104 Å². The Hall–Kier alpha value is -1.27. The zero-order valence-electron chi connectivity index (χ0n) is 9.72. The van der Waals surface area contributed by atoms with E-state index in [1.165, 1.54) is 6.07 Å². The first kappa shape index (κ1) is 13.8. The third kappa shape index (κ3) is 4.24. The molecule has 0 atom stereocenters. The maximum Gasteiger partial charge on any atom is 0.311 e. The monoisotopic (exact) mass is 256 g/mol. The molecule has 0 unspecified atom stereocenters. The summed E-state index contributed by atoms with van der Waals surface area (Å²) < 4.78 is 5.40. The Bertz CT molecular complexity index is 385. The summed E-state index contributed by atoms with van der Waals surface area (Å²) in [5.74, 6) is 1.29. The summed E-state index contributed by atoms with van der Waals surface area (Å²) in [6.45, 7) is 0.775. The van der Waals surface area contributed by atoms with E-state index in [1.807, 2.05) is 6.26 Å². The molecule has 0 bridgehead atoms. The van der Waals surface area contributed by atoms with Crippen molar-refractivity contribution in [2.24, 2.45) is 5.73 Å². The summed E-state index contributed by atoms with van der Waals surface area (Å²) in [6.07, 6.45) is 2.88. The van der Waals surface area contributed by atoms with Crippen LogP contribution in [0.15, 0.2) is 18.2 Å². The van der Waals surface area contributed by atoms with Crippen LogP contribution in [-0.4, -0.2) is 23.5 Å². The van der Waals surface area contributed by atoms with Gasteiger partial charge >= 0.3 is 5.69 Å². The van der Waals surface area contributed by atoms with Crippen molar-refractivity contribution in [3.8, 4) is 5.75 Å². The molecule has 0 radical (unpaired) electrons. The number of hydrogen-bond donors (Lipinski definition) is 1. The normalized spacial score (nSPS) is 10.2. The number of nitro benzene ring substituents is 1. The molecule has 0 fully saturated rings. The molecule has 0 saturated heterocycles. The second-order valence-corrected chi connectivity index (χ2v) is 4.44. The summed E-state index contributed by atoms with van der Waals surface area (Å²) in [7, 11) is 0. The van der Waals surface area contributed by atoms with Crippen molar-refractivity contribution in [3.63, 3.8) is 0 Å². The van der Waals surface area contributed by atoms with Crippen LogP contribution in [0.1, 0.15) is 12.0 Å². The topological polar surface area (TPSA) is 78.4 Å². The molecule has 0 heterocycles. The predicted octanol–water partition coefficient (Wildman–Crippen LogP) is 2.19. The number of nitrogens with two attached hydrogens (primary N) is 1. The molecule has 1 aromatic carbocycles. The summed E-state index contributed by atoms with van der Waals surface area (Å²) in [5.41, 5.74) is 6.16. The number of hydrogen-bond acceptors (Lipinski definition) is 5. The van der Waals surface area contributed by atoms with Crippen LogP contribution >= 0.6 is 11.8 Å². The van der Waals surface area contributed by atoms with E-state index in [4.69, 9.17) is 10.5 Å². The van der Waals surface area contributed by atoms with Crippen molar-refractivity contribution in [3.05, 3.63) is 33.9 Å². The Morgan fingerprint density at radius 3 is 2.88 bits per heavy atom. The fourth-order valence-electron chi connectivity index (χ4n) is 1.34. The number of rotatable bonds is 7. The Morgan fingerprint density at radius 2 is 2.29 bits per heavy atom. The minimum absolute atomic E-state index is 0.0166. The van der Waals surface area contributed by atoms with Gasteiger partial charge in [0.05, 0.1) is 11.5 Å². The quantitative estimate of drug-likeness (QED) is 0.459. The van der Waals surface area contributed by atoms with E-state index in [0.29, 0.717) is 12.4 Å². The molecule has 1 aromatic rings. The molecular formula is C11H16N2O3S. The van der Waals surface area contributed by atoms with Gasteiger partial charge in [-0.15, -0.1) is 0 Å². The van der Waals surface area contributed by atoms with Gasteiger partial charge in [-0.2, -0.15) is 11.8 Å². The molecule has 0 saturated carbocycles. The summed E-state index contributed by atoms with van der Waals surface area (Å²) in [5, 5.41) is 10.9. The van der Waals surface area contributed by atoms with E-state index in [2.05, 4.69) is 0 Å². The fourth-order valence-corrected chi connectivity index (χ4v) is 1.75. The van der Waals surface area contributed by atoms with Crippen LogP contribution in [0.3, 0.4) is 0 Å². The molecule has 0 aliphatic rings. The maximum absolute atomic E-state index is 10.9. The van der Waals surface area contributed by atoms with Crippen LogP contribution in [0.4, 0.5) is 5.69 Å². The molecule has 2 N–H and O–H groups in total. The van der Waals surface area contributed by atoms with Crippen LogP contribution in [0.5, 0.6) is 5.75 Å². The highest BCUT2D eigenvalue weighted by atomic mass is 32.2. The highest BCUT2D eigenvalue weighted by molar-refractivity contribution is 7.98. The van der Waals surface area contributed by atoms with E-state index >= 15 is 0 Å². The standard InChI is InChI=1S/C11H16N2O3S/c1-17-6-2-5-16-11-4-3-9(8-12)7-10(11)13(14)15/h3-4,7H,2,5-6,8,12H2,1H3. The SMILES string of the molecule is CSCCCOc1ccc(CN)cc1[N+](=O)[O-]. The lowest BCUT2D eigenvalue weighted by Crippen LogP contribution is -2.03. The zero-order valence-corrected chi connectivity index (χ0v) is 10.5. The second kappa shape index (κ2) is 7.13. The summed E-state index contributed by atoms with van der Waals surface area (Å²) in [4.78, 5) is 10.4. The minimum Gasteiger partial charge on any atom is -0.487 e. The van der Waals surface area contributed by atoms with E-state index in [1.54, 1.807) is 23.9 Å². The average Bonchev–Trinajstić information content (AvgIpc) is 2.34. The smallest absolute Gasteiger partial charge is 0.311 e. The highest BCUT2D eigenvalue weighted by Crippen LogP contribution is 2.27. The second-order valence-electron chi connectivity index (χ2n) is 3.46. The summed E-state index contributed by atoms with van der Waals surface area (Å²) >= 11 is 1.72. The van der Waals surface area contributed by atoms with Crippen LogP contribution in [-0.2, 0) is 6.54 Å². The average molecular weight is 256 g/mol. The number of thioether (sulfide) groups is 1. The predicted molar refractivity (Wildman–Crippen MR) is 69.5 cm³/mol. The maximum atomic E-state index is 10.9. The molecule has 0 spiro atoms. The first-order valence-corrected chi connectivity index (χ1v) is 6.67. The van der Waals surface area contributed by atoms with Crippen molar-refractivity contribution in [1.29, 1.82) is 0 Å². The first-order chi connectivity index (χ1) is 8.19. The van der Waals surface area contributed by atoms with Gasteiger partial charge in [0.2, 0.25) is 0 Å². The molecule has 0 amide bonds. The van der Waals surface area contributed by atoms with Gasteiger partial charge in [-0.1, -0.05) is 6.07 Å². The van der Waals surface area contributed by atoms with Crippen LogP contribution < -0.4 is 10.5 Å². The Kier molecular flexibility index (Phi) is 5.79. The van der Waals surface area contributed by atoms with Gasteiger partial charge in [-0.25, -0.2) is 0 Å². The zero-order chi connectivity index (χ0) is 12.7. The van der Waals surface area contributed by atoms with Crippen molar-refractivity contribution in [2.75, 3.05) is 18.6 Å². The molecule has 6 heteroatoms. The third-order valence-electron chi connectivity index (χ3n) is 2.21. The van der Waals surface area contributed by atoms with Crippen molar-refractivity contribution < 1.29 is 9.66 Å². The van der Waals surface area contributed by atoms with Gasteiger partial charge in [0.1, 0.15) is 0 Å². The third-order valence-corrected chi connectivity index (χ3v) is 2.90. The Balaban J connectivity index is 2.73. The molecule has 94 valence electrons. The van der Waals surface area contributed by atoms with Gasteiger partial charge in [-0.3, -0.25) is 10.1 Å². The van der Waals surface area contributed by atoms with Gasteiger partial charge in [0.15, 0.2) is 5.75 Å². The van der Waals surface area contributed by atoms with Crippen molar-refractivity contribution >= 4 is 17.4 Å². The fraction of sp³-hybridized carbons (Fsp3) is 0.455. The highest BCUT2D eigenvalue weighted by Gasteiger charge is 2.15. The lowest BCUT2D eigenvalue weighted by molar-refractivity contribution is -0.385. The van der Waals surface area contributed by atoms with E-state index in [9.17, 15) is 10.1 Å². The number of nitro groups is 1. The van der Waals surface area contributed by atoms with E-state index in [-0.39, 0.29) is 12.2 Å². The largest absolute Gasteiger partial charge is 0.487 e. The first-order valence-electron chi connectivity index (χ1n) is 5.28. The van der Waals surface area contributed by atoms with Crippen LogP contribution in [0.25, 0.3) is 0 Å². The molecule has 0 aromatic heterocycles. The molecule has 0 aliphatic heterocycles. The molecule has 0 aliphatic carbocycles. The van der Waals surface area contributed by atoms with Crippen LogP contribution in [0.2, 0.25) is 0 Å². The van der Waals surface area contributed by atoms with E-state index in [0.717, 1.165) is 17.7 Å². The van der Waals surface area contributed by atoms with Crippen LogP contribution in [0, 0.1) is 10.1 Å². The van der Waals surface area contributed by atoms with E-state index < -0.39 is 4.92 Å². The lowest BCUT2D eigenvalue weighted by atomic mass is 10.2. The van der Waals surface area contributed by atoms with Gasteiger partial charge < -0.3 is 10.5 Å². The number of benzene rings is 1. The van der Waals surface area contributed by atoms with Gasteiger partial charge in [0, 0.05) is 12.6 Å². The number of nitrogens with zero attached hydrogens (tertiary/aromatic N) is 1. The Morgan fingerprint density at radius 1 is 1.53 bits per heavy atom. The van der Waals surface area contributed by atoms with Gasteiger partial charge in [-0.05, 0) is 30.1 Å². The number of ether oxygens (including phenoxy) is 1. The molecule has 5 nitrogen and oxygen atoms in total. The lowest BCUT2D eigenvalue weighted by Gasteiger charge is -2.07. The van der Waals surface area contributed by atoms with Crippen molar-refractivity contribution in [2.45, 2.75) is 13.0 Å². The molecular weight excluding hydrogens is 240 g/mol. The minimum atomic E-state index is -0.441.